The number of fused-ring (bicyclic) bond motifs is 1. The molecular formula is C11H11ClN4S2. The molecule has 94 valence electrons. The predicted molar refractivity (Wildman–Crippen MR) is 76.8 cm³/mol. The first-order valence-electron chi connectivity index (χ1n) is 5.38. The van der Waals surface area contributed by atoms with Crippen molar-refractivity contribution in [3.8, 4) is 0 Å². The molecule has 4 nitrogen and oxygen atoms in total. The summed E-state index contributed by atoms with van der Waals surface area (Å²) >= 11 is 9.26. The summed E-state index contributed by atoms with van der Waals surface area (Å²) in [7, 11) is 2.02. The quantitative estimate of drug-likeness (QED) is 0.693. The van der Waals surface area contributed by atoms with Crippen LogP contribution in [0.3, 0.4) is 0 Å². The van der Waals surface area contributed by atoms with Crippen molar-refractivity contribution in [2.24, 2.45) is 0 Å². The van der Waals surface area contributed by atoms with E-state index in [0.29, 0.717) is 5.88 Å². The fourth-order valence-electron chi connectivity index (χ4n) is 1.88. The zero-order chi connectivity index (χ0) is 12.5. The van der Waals surface area contributed by atoms with Crippen LogP contribution < -0.4 is 4.90 Å². The van der Waals surface area contributed by atoms with Gasteiger partial charge in [-0.2, -0.15) is 0 Å². The molecule has 0 aliphatic heterocycles. The van der Waals surface area contributed by atoms with Gasteiger partial charge in [-0.3, -0.25) is 4.40 Å². The van der Waals surface area contributed by atoms with E-state index in [1.165, 1.54) is 0 Å². The summed E-state index contributed by atoms with van der Waals surface area (Å²) in [6, 6.07) is 0. The maximum Gasteiger partial charge on any atom is 0.195 e. The maximum absolute atomic E-state index is 6.04. The van der Waals surface area contributed by atoms with Crippen LogP contribution in [0.5, 0.6) is 0 Å². The van der Waals surface area contributed by atoms with Crippen molar-refractivity contribution in [2.75, 3.05) is 11.9 Å². The molecule has 0 N–H and O–H groups in total. The number of anilines is 1. The minimum atomic E-state index is 0.453. The van der Waals surface area contributed by atoms with Crippen LogP contribution in [-0.4, -0.2) is 21.4 Å². The normalized spacial score (nSPS) is 11.2. The zero-order valence-electron chi connectivity index (χ0n) is 9.71. The monoisotopic (exact) mass is 298 g/mol. The van der Waals surface area contributed by atoms with Gasteiger partial charge in [-0.05, 0) is 0 Å². The number of halogens is 1. The summed E-state index contributed by atoms with van der Waals surface area (Å²) in [5, 5.41) is 4.07. The number of aromatic nitrogens is 3. The Morgan fingerprint density at radius 1 is 1.50 bits per heavy atom. The molecule has 0 saturated carbocycles. The molecule has 0 fully saturated rings. The first-order valence-corrected chi connectivity index (χ1v) is 7.74. The number of rotatable bonds is 4. The summed E-state index contributed by atoms with van der Waals surface area (Å²) in [5.74, 6) is 1.39. The molecule has 0 amide bonds. The number of imidazole rings is 1. The number of hydrogen-bond acceptors (Lipinski definition) is 5. The third-order valence-corrected chi connectivity index (χ3v) is 4.36. The lowest BCUT2D eigenvalue weighted by Gasteiger charge is -2.16. The van der Waals surface area contributed by atoms with Crippen LogP contribution in [0.2, 0.25) is 0 Å². The summed E-state index contributed by atoms with van der Waals surface area (Å²) in [6.45, 7) is 0.748. The second-order valence-electron chi connectivity index (χ2n) is 3.91. The van der Waals surface area contributed by atoms with E-state index in [1.807, 2.05) is 28.5 Å². The van der Waals surface area contributed by atoms with Crippen molar-refractivity contribution in [1.82, 2.24) is 14.4 Å². The average molecular weight is 299 g/mol. The third kappa shape index (κ3) is 2.00. The fraction of sp³-hybridized carbons (Fsp3) is 0.273. The third-order valence-electron chi connectivity index (χ3n) is 2.71. The number of thiazole rings is 2. The largest absolute Gasteiger partial charge is 0.352 e. The smallest absolute Gasteiger partial charge is 0.195 e. The van der Waals surface area contributed by atoms with Gasteiger partial charge in [0.15, 0.2) is 10.8 Å². The van der Waals surface area contributed by atoms with E-state index in [0.717, 1.165) is 28.7 Å². The molecule has 0 aliphatic rings. The molecule has 0 atom stereocenters. The SMILES string of the molecule is CN(Cc1cscn1)c1nc2sccn2c1CCl. The minimum absolute atomic E-state index is 0.453. The molecular weight excluding hydrogens is 288 g/mol. The first kappa shape index (κ1) is 12.0. The van der Waals surface area contributed by atoms with Crippen molar-refractivity contribution in [2.45, 2.75) is 12.4 Å². The molecule has 0 aromatic carbocycles. The van der Waals surface area contributed by atoms with Crippen molar-refractivity contribution >= 4 is 45.1 Å². The Morgan fingerprint density at radius 2 is 2.39 bits per heavy atom. The molecule has 3 aromatic heterocycles. The topological polar surface area (TPSA) is 33.4 Å². The van der Waals surface area contributed by atoms with Gasteiger partial charge in [-0.15, -0.1) is 34.3 Å². The Morgan fingerprint density at radius 3 is 3.11 bits per heavy atom. The van der Waals surface area contributed by atoms with Crippen LogP contribution in [0, 0.1) is 0 Å². The second-order valence-corrected chi connectivity index (χ2v) is 5.77. The summed E-state index contributed by atoms with van der Waals surface area (Å²) in [5.41, 5.74) is 3.93. The maximum atomic E-state index is 6.04. The molecule has 7 heteroatoms. The van der Waals surface area contributed by atoms with E-state index in [2.05, 4.69) is 20.2 Å². The van der Waals surface area contributed by atoms with Gasteiger partial charge in [0.1, 0.15) is 0 Å². The predicted octanol–water partition coefficient (Wildman–Crippen LogP) is 3.23. The molecule has 0 radical (unpaired) electrons. The summed E-state index contributed by atoms with van der Waals surface area (Å²) in [4.78, 5) is 12.0. The van der Waals surface area contributed by atoms with E-state index >= 15 is 0 Å². The Kier molecular flexibility index (Phi) is 3.23. The van der Waals surface area contributed by atoms with Crippen molar-refractivity contribution in [3.63, 3.8) is 0 Å². The molecule has 0 aliphatic carbocycles. The lowest BCUT2D eigenvalue weighted by molar-refractivity contribution is 0.871. The van der Waals surface area contributed by atoms with E-state index in [-0.39, 0.29) is 0 Å². The number of nitrogens with zero attached hydrogens (tertiary/aromatic N) is 4. The van der Waals surface area contributed by atoms with Crippen LogP contribution >= 0.6 is 34.3 Å². The van der Waals surface area contributed by atoms with E-state index in [1.54, 1.807) is 22.7 Å². The van der Waals surface area contributed by atoms with Crippen LogP contribution in [-0.2, 0) is 12.4 Å². The van der Waals surface area contributed by atoms with Crippen LogP contribution in [0.4, 0.5) is 5.82 Å². The Balaban J connectivity index is 1.95. The zero-order valence-corrected chi connectivity index (χ0v) is 12.1. The van der Waals surface area contributed by atoms with Crippen molar-refractivity contribution < 1.29 is 0 Å². The molecule has 3 rings (SSSR count). The Labute approximate surface area is 117 Å². The molecule has 3 heterocycles. The van der Waals surface area contributed by atoms with E-state index < -0.39 is 0 Å². The lowest BCUT2D eigenvalue weighted by atomic mass is 10.4. The highest BCUT2D eigenvalue weighted by atomic mass is 35.5. The van der Waals surface area contributed by atoms with Crippen LogP contribution in [0.1, 0.15) is 11.4 Å². The second kappa shape index (κ2) is 4.87. The van der Waals surface area contributed by atoms with Gasteiger partial charge in [-0.25, -0.2) is 9.97 Å². The van der Waals surface area contributed by atoms with Gasteiger partial charge in [0, 0.05) is 24.0 Å². The number of alkyl halides is 1. The Hall–Kier alpha value is -1.11. The molecule has 0 spiro atoms. The van der Waals surface area contributed by atoms with Crippen LogP contribution in [0.25, 0.3) is 4.96 Å². The van der Waals surface area contributed by atoms with Gasteiger partial charge in [0.2, 0.25) is 0 Å². The van der Waals surface area contributed by atoms with Crippen molar-refractivity contribution in [3.05, 3.63) is 33.9 Å². The molecule has 0 unspecified atom stereocenters. The van der Waals surface area contributed by atoms with E-state index in [4.69, 9.17) is 11.6 Å². The average Bonchev–Trinajstić information content (AvgIpc) is 3.03. The summed E-state index contributed by atoms with van der Waals surface area (Å²) in [6.07, 6.45) is 2.00. The van der Waals surface area contributed by atoms with Gasteiger partial charge >= 0.3 is 0 Å². The number of hydrogen-bond donors (Lipinski definition) is 0. The van der Waals surface area contributed by atoms with Gasteiger partial charge in [0.05, 0.1) is 29.3 Å². The molecule has 0 saturated heterocycles. The first-order chi connectivity index (χ1) is 8.79. The minimum Gasteiger partial charge on any atom is -0.352 e. The molecule has 18 heavy (non-hydrogen) atoms. The standard InChI is InChI=1S/C11H11ClN4S2/c1-15(5-8-6-17-7-13-8)10-9(4-12)16-2-3-18-11(16)14-10/h2-3,6-7H,4-5H2,1H3. The van der Waals surface area contributed by atoms with Crippen molar-refractivity contribution in [1.29, 1.82) is 0 Å². The van der Waals surface area contributed by atoms with Gasteiger partial charge in [0.25, 0.3) is 0 Å². The summed E-state index contributed by atoms with van der Waals surface area (Å²) < 4.78 is 2.05. The lowest BCUT2D eigenvalue weighted by Crippen LogP contribution is -2.18. The van der Waals surface area contributed by atoms with Gasteiger partial charge < -0.3 is 4.90 Å². The molecule has 3 aromatic rings. The fourth-order valence-corrected chi connectivity index (χ4v) is 3.41. The highest BCUT2D eigenvalue weighted by Crippen LogP contribution is 2.26. The van der Waals surface area contributed by atoms with Gasteiger partial charge in [-0.1, -0.05) is 0 Å². The Bertz CT molecular complexity index is 643. The van der Waals surface area contributed by atoms with E-state index in [9.17, 15) is 0 Å². The highest BCUT2D eigenvalue weighted by molar-refractivity contribution is 7.15. The van der Waals surface area contributed by atoms with Crippen LogP contribution in [0.15, 0.2) is 22.5 Å². The molecule has 0 bridgehead atoms. The highest BCUT2D eigenvalue weighted by Gasteiger charge is 2.16.